The highest BCUT2D eigenvalue weighted by Crippen LogP contribution is 2.28. The van der Waals surface area contributed by atoms with Crippen LogP contribution in [0.4, 0.5) is 0 Å². The Balaban J connectivity index is 2.25. The van der Waals surface area contributed by atoms with Gasteiger partial charge in [0.05, 0.1) is 0 Å². The van der Waals surface area contributed by atoms with Crippen molar-refractivity contribution in [2.24, 2.45) is 5.73 Å². The maximum Gasteiger partial charge on any atom is 0.251 e. The molecule has 0 spiro atoms. The summed E-state index contributed by atoms with van der Waals surface area (Å²) in [5.74, 6) is 0.0116. The van der Waals surface area contributed by atoms with E-state index in [9.17, 15) is 4.79 Å². The number of allylic oxidation sites excluding steroid dienone is 5. The van der Waals surface area contributed by atoms with E-state index in [-0.39, 0.29) is 17.9 Å². The second-order valence-corrected chi connectivity index (χ2v) is 7.27. The Kier molecular flexibility index (Phi) is 7.86. The van der Waals surface area contributed by atoms with Crippen LogP contribution in [0.25, 0.3) is 0 Å². The summed E-state index contributed by atoms with van der Waals surface area (Å²) in [6.45, 7) is 10.2. The molecule has 3 N–H and O–H groups in total. The van der Waals surface area contributed by atoms with E-state index in [0.29, 0.717) is 5.56 Å². The van der Waals surface area contributed by atoms with Gasteiger partial charge in [-0.3, -0.25) is 4.79 Å². The van der Waals surface area contributed by atoms with Crippen LogP contribution in [0.15, 0.2) is 60.3 Å². The van der Waals surface area contributed by atoms with Crippen molar-refractivity contribution in [2.45, 2.75) is 45.1 Å². The molecule has 0 saturated carbocycles. The summed E-state index contributed by atoms with van der Waals surface area (Å²) in [4.78, 5) is 14.6. The average Bonchev–Trinajstić information content (AvgIpc) is 2.91. The zero-order valence-corrected chi connectivity index (χ0v) is 16.9. The molecule has 1 aromatic carbocycles. The number of nitrogens with zero attached hydrogens (tertiary/aromatic N) is 1. The highest BCUT2D eigenvalue weighted by Gasteiger charge is 2.17. The van der Waals surface area contributed by atoms with Gasteiger partial charge in [0.1, 0.15) is 0 Å². The minimum atomic E-state index is -0.0638. The Bertz CT molecular complexity index is 720. The van der Waals surface area contributed by atoms with Crippen LogP contribution in [0.2, 0.25) is 0 Å². The van der Waals surface area contributed by atoms with Crippen LogP contribution in [-0.4, -0.2) is 37.0 Å². The van der Waals surface area contributed by atoms with E-state index in [1.807, 2.05) is 30.3 Å². The Hall–Kier alpha value is -2.33. The largest absolute Gasteiger partial charge is 0.373 e. The molecule has 1 aliphatic heterocycles. The maximum absolute atomic E-state index is 12.2. The molecule has 1 aliphatic rings. The molecule has 4 heteroatoms. The van der Waals surface area contributed by atoms with Gasteiger partial charge in [0.2, 0.25) is 0 Å². The minimum Gasteiger partial charge on any atom is -0.373 e. The van der Waals surface area contributed by atoms with Gasteiger partial charge in [-0.05, 0) is 43.0 Å². The van der Waals surface area contributed by atoms with E-state index in [4.69, 9.17) is 5.73 Å². The molecule has 1 saturated heterocycles. The molecule has 27 heavy (non-hydrogen) atoms. The second-order valence-electron chi connectivity index (χ2n) is 7.27. The normalized spacial score (nSPS) is 20.0. The molecule has 0 radical (unpaired) electrons. The lowest BCUT2D eigenvalue weighted by molar-refractivity contribution is 0.0962. The minimum absolute atomic E-state index is 0.0638. The molecule has 2 unspecified atom stereocenters. The zero-order chi connectivity index (χ0) is 19.8. The van der Waals surface area contributed by atoms with Crippen molar-refractivity contribution >= 4 is 5.91 Å². The number of hydrogen-bond acceptors (Lipinski definition) is 3. The van der Waals surface area contributed by atoms with Crippen LogP contribution in [-0.2, 0) is 0 Å². The quantitative estimate of drug-likeness (QED) is 0.748. The number of amides is 1. The fourth-order valence-corrected chi connectivity index (χ4v) is 3.60. The summed E-state index contributed by atoms with van der Waals surface area (Å²) in [7, 11) is 1.66. The molecule has 146 valence electrons. The van der Waals surface area contributed by atoms with Crippen LogP contribution in [0.3, 0.4) is 0 Å². The van der Waals surface area contributed by atoms with E-state index >= 15 is 0 Å². The number of carbonyl (C=O) groups excluding carboxylic acids is 1. The van der Waals surface area contributed by atoms with E-state index in [1.54, 1.807) is 7.05 Å². The summed E-state index contributed by atoms with van der Waals surface area (Å²) in [6, 6.07) is 7.99. The van der Waals surface area contributed by atoms with Crippen molar-refractivity contribution < 1.29 is 4.79 Å². The maximum atomic E-state index is 12.2. The smallest absolute Gasteiger partial charge is 0.251 e. The average molecular weight is 368 g/mol. The third-order valence-corrected chi connectivity index (χ3v) is 5.36. The number of nitrogens with one attached hydrogen (secondary N) is 1. The predicted molar refractivity (Wildman–Crippen MR) is 114 cm³/mol. The van der Waals surface area contributed by atoms with Gasteiger partial charge < -0.3 is 16.0 Å². The number of benzene rings is 1. The fourth-order valence-electron chi connectivity index (χ4n) is 3.60. The van der Waals surface area contributed by atoms with E-state index in [1.165, 1.54) is 18.5 Å². The third kappa shape index (κ3) is 5.57. The van der Waals surface area contributed by atoms with Crippen LogP contribution in [0.5, 0.6) is 0 Å². The summed E-state index contributed by atoms with van der Waals surface area (Å²) >= 11 is 0. The molecule has 1 aromatic rings. The zero-order valence-electron chi connectivity index (χ0n) is 16.9. The summed E-state index contributed by atoms with van der Waals surface area (Å²) in [5, 5.41) is 2.72. The molecule has 0 aliphatic carbocycles. The SMILES string of the molecule is C=C/C(=C\C=C(/C)N1CCCCC(N)C1)C(C)c1ccccc1C(=O)NC. The number of carbonyl (C=O) groups is 1. The van der Waals surface area contributed by atoms with E-state index < -0.39 is 0 Å². The monoisotopic (exact) mass is 367 g/mol. The highest BCUT2D eigenvalue weighted by atomic mass is 16.1. The molecular weight excluding hydrogens is 334 g/mol. The first-order valence-electron chi connectivity index (χ1n) is 9.80. The lowest BCUT2D eigenvalue weighted by Crippen LogP contribution is -2.34. The van der Waals surface area contributed by atoms with Crippen molar-refractivity contribution in [3.05, 3.63) is 71.5 Å². The Labute approximate surface area is 163 Å². The van der Waals surface area contributed by atoms with Crippen molar-refractivity contribution in [2.75, 3.05) is 20.1 Å². The van der Waals surface area contributed by atoms with Crippen molar-refractivity contribution in [3.8, 4) is 0 Å². The van der Waals surface area contributed by atoms with Gasteiger partial charge in [0, 0.05) is 43.4 Å². The Morgan fingerprint density at radius 3 is 2.78 bits per heavy atom. The van der Waals surface area contributed by atoms with Gasteiger partial charge in [0.15, 0.2) is 0 Å². The molecular formula is C23H33N3O. The molecule has 0 bridgehead atoms. The molecule has 2 rings (SSSR count). The third-order valence-electron chi connectivity index (χ3n) is 5.36. The second kappa shape index (κ2) is 10.1. The first-order chi connectivity index (χ1) is 13.0. The first kappa shape index (κ1) is 21.0. The van der Waals surface area contributed by atoms with Gasteiger partial charge in [-0.2, -0.15) is 0 Å². The lowest BCUT2D eigenvalue weighted by Gasteiger charge is -2.25. The first-order valence-corrected chi connectivity index (χ1v) is 9.80. The summed E-state index contributed by atoms with van der Waals surface area (Å²) in [5.41, 5.74) is 10.2. The predicted octanol–water partition coefficient (Wildman–Crippen LogP) is 3.98. The van der Waals surface area contributed by atoms with Gasteiger partial charge in [-0.15, -0.1) is 0 Å². The highest BCUT2D eigenvalue weighted by molar-refractivity contribution is 5.95. The fraction of sp³-hybridized carbons (Fsp3) is 0.435. The van der Waals surface area contributed by atoms with Crippen LogP contribution in [0.1, 0.15) is 54.9 Å². The van der Waals surface area contributed by atoms with Crippen LogP contribution >= 0.6 is 0 Å². The topological polar surface area (TPSA) is 58.4 Å². The summed E-state index contributed by atoms with van der Waals surface area (Å²) in [6.07, 6.45) is 9.63. The van der Waals surface area contributed by atoms with Crippen molar-refractivity contribution in [1.82, 2.24) is 10.2 Å². The Morgan fingerprint density at radius 1 is 1.33 bits per heavy atom. The standard InChI is InChI=1S/C23H33N3O/c1-5-19(14-13-17(2)26-15-9-8-10-20(24)16-26)18(3)21-11-6-7-12-22(21)23(27)25-4/h5-7,11-14,18,20H,1,8-10,15-16,24H2,2-4H3,(H,25,27)/b17-13+,19-14+. The molecule has 1 fully saturated rings. The molecule has 0 aromatic heterocycles. The van der Waals surface area contributed by atoms with Crippen LogP contribution < -0.4 is 11.1 Å². The number of likely N-dealkylation sites (tertiary alicyclic amines) is 1. The van der Waals surface area contributed by atoms with Crippen molar-refractivity contribution in [3.63, 3.8) is 0 Å². The van der Waals surface area contributed by atoms with Gasteiger partial charge in [-0.25, -0.2) is 0 Å². The molecule has 4 nitrogen and oxygen atoms in total. The van der Waals surface area contributed by atoms with Gasteiger partial charge in [0.25, 0.3) is 5.91 Å². The molecule has 1 amide bonds. The van der Waals surface area contributed by atoms with E-state index in [2.05, 4.69) is 42.8 Å². The lowest BCUT2D eigenvalue weighted by atomic mass is 9.88. The molecule has 1 heterocycles. The Morgan fingerprint density at radius 2 is 2.07 bits per heavy atom. The van der Waals surface area contributed by atoms with Crippen LogP contribution in [0, 0.1) is 0 Å². The van der Waals surface area contributed by atoms with E-state index in [0.717, 1.165) is 30.6 Å². The van der Waals surface area contributed by atoms with Crippen molar-refractivity contribution in [1.29, 1.82) is 0 Å². The summed E-state index contributed by atoms with van der Waals surface area (Å²) < 4.78 is 0. The van der Waals surface area contributed by atoms with Gasteiger partial charge in [-0.1, -0.05) is 50.3 Å². The molecule has 2 atom stereocenters. The number of rotatable bonds is 6. The number of hydrogen-bond donors (Lipinski definition) is 2. The number of nitrogens with two attached hydrogens (primary N) is 1. The van der Waals surface area contributed by atoms with Gasteiger partial charge >= 0.3 is 0 Å².